The number of anilines is 2. The maximum absolute atomic E-state index is 12.1. The minimum atomic E-state index is -0.280. The van der Waals surface area contributed by atoms with E-state index in [-0.39, 0.29) is 21.7 Å². The van der Waals surface area contributed by atoms with Crippen molar-refractivity contribution >= 4 is 40.5 Å². The largest absolute Gasteiger partial charge is 0.505 e. The van der Waals surface area contributed by atoms with E-state index >= 15 is 0 Å². The summed E-state index contributed by atoms with van der Waals surface area (Å²) in [5, 5.41) is 12.3. The van der Waals surface area contributed by atoms with E-state index in [0.717, 1.165) is 5.69 Å². The van der Waals surface area contributed by atoms with Crippen LogP contribution < -0.4 is 10.2 Å². The predicted octanol–water partition coefficient (Wildman–Crippen LogP) is 4.02. The molecule has 0 unspecified atom stereocenters. The van der Waals surface area contributed by atoms with Gasteiger partial charge in [-0.15, -0.1) is 0 Å². The average molecular weight is 325 g/mol. The molecule has 6 heteroatoms. The quantitative estimate of drug-likeness (QED) is 0.838. The second kappa shape index (κ2) is 6.24. The van der Waals surface area contributed by atoms with Gasteiger partial charge in [-0.2, -0.15) is 0 Å². The Morgan fingerprint density at radius 1 is 1.10 bits per heavy atom. The van der Waals surface area contributed by atoms with Crippen LogP contribution in [0.2, 0.25) is 10.0 Å². The molecule has 0 aliphatic heterocycles. The molecule has 0 spiro atoms. The Labute approximate surface area is 132 Å². The molecule has 21 heavy (non-hydrogen) atoms. The normalized spacial score (nSPS) is 10.3. The van der Waals surface area contributed by atoms with E-state index in [9.17, 15) is 9.90 Å². The summed E-state index contributed by atoms with van der Waals surface area (Å²) in [4.78, 5) is 14.1. The zero-order chi connectivity index (χ0) is 15.6. The second-order valence-corrected chi connectivity index (χ2v) is 5.50. The van der Waals surface area contributed by atoms with E-state index in [1.165, 1.54) is 12.1 Å². The number of carbonyl (C=O) groups is 1. The van der Waals surface area contributed by atoms with Gasteiger partial charge in [-0.3, -0.25) is 4.79 Å². The average Bonchev–Trinajstić information content (AvgIpc) is 2.44. The number of hydrogen-bond donors (Lipinski definition) is 2. The predicted molar refractivity (Wildman–Crippen MR) is 86.8 cm³/mol. The number of aromatic hydroxyl groups is 1. The van der Waals surface area contributed by atoms with Gasteiger partial charge in [-0.25, -0.2) is 0 Å². The third-order valence-corrected chi connectivity index (χ3v) is 3.50. The second-order valence-electron chi connectivity index (χ2n) is 4.68. The zero-order valence-electron chi connectivity index (χ0n) is 11.5. The van der Waals surface area contributed by atoms with Crippen LogP contribution in [0.1, 0.15) is 10.4 Å². The molecule has 0 aliphatic rings. The zero-order valence-corrected chi connectivity index (χ0v) is 13.0. The van der Waals surface area contributed by atoms with Gasteiger partial charge >= 0.3 is 0 Å². The fourth-order valence-electron chi connectivity index (χ4n) is 1.75. The third kappa shape index (κ3) is 3.60. The van der Waals surface area contributed by atoms with Crippen molar-refractivity contribution in [2.45, 2.75) is 0 Å². The van der Waals surface area contributed by atoms with Crippen molar-refractivity contribution in [2.24, 2.45) is 0 Å². The molecule has 0 atom stereocenters. The number of halogens is 2. The first-order valence-electron chi connectivity index (χ1n) is 6.15. The van der Waals surface area contributed by atoms with E-state index < -0.39 is 0 Å². The number of phenolic OH excluding ortho intramolecular Hbond substituents is 1. The standard InChI is InChI=1S/C15H14Cl2N2O2/c1-19(2)11-5-3-9(4-6-11)15(21)18-10-7-12(16)14(20)13(17)8-10/h3-8,20H,1-2H3,(H,18,21). The van der Waals surface area contributed by atoms with Crippen molar-refractivity contribution in [3.05, 3.63) is 52.0 Å². The molecule has 4 nitrogen and oxygen atoms in total. The Bertz CT molecular complexity index is 647. The van der Waals surface area contributed by atoms with Crippen molar-refractivity contribution in [3.8, 4) is 5.75 Å². The number of nitrogens with one attached hydrogen (secondary N) is 1. The summed E-state index contributed by atoms with van der Waals surface area (Å²) in [5.74, 6) is -0.482. The van der Waals surface area contributed by atoms with Crippen LogP contribution in [-0.4, -0.2) is 25.1 Å². The minimum Gasteiger partial charge on any atom is -0.505 e. The van der Waals surface area contributed by atoms with Gasteiger partial charge in [0.15, 0.2) is 5.75 Å². The number of hydrogen-bond acceptors (Lipinski definition) is 3. The van der Waals surface area contributed by atoms with Crippen molar-refractivity contribution in [2.75, 3.05) is 24.3 Å². The van der Waals surface area contributed by atoms with Gasteiger partial charge in [-0.1, -0.05) is 23.2 Å². The summed E-state index contributed by atoms with van der Waals surface area (Å²) >= 11 is 11.6. The summed E-state index contributed by atoms with van der Waals surface area (Å²) in [6.07, 6.45) is 0. The van der Waals surface area contributed by atoms with Gasteiger partial charge in [-0.05, 0) is 36.4 Å². The monoisotopic (exact) mass is 324 g/mol. The van der Waals surface area contributed by atoms with Crippen LogP contribution in [0.4, 0.5) is 11.4 Å². The van der Waals surface area contributed by atoms with Gasteiger partial charge in [0.05, 0.1) is 10.0 Å². The lowest BCUT2D eigenvalue weighted by atomic mass is 10.2. The fraction of sp³-hybridized carbons (Fsp3) is 0.133. The Hall–Kier alpha value is -1.91. The summed E-state index contributed by atoms with van der Waals surface area (Å²) in [6.45, 7) is 0. The number of carbonyl (C=O) groups excluding carboxylic acids is 1. The van der Waals surface area contributed by atoms with Crippen LogP contribution in [0.3, 0.4) is 0 Å². The van der Waals surface area contributed by atoms with Crippen LogP contribution in [0.5, 0.6) is 5.75 Å². The lowest BCUT2D eigenvalue weighted by Gasteiger charge is -2.13. The lowest BCUT2D eigenvalue weighted by Crippen LogP contribution is -2.13. The molecule has 0 radical (unpaired) electrons. The first kappa shape index (κ1) is 15.5. The molecule has 0 fully saturated rings. The first-order chi connectivity index (χ1) is 9.88. The maximum atomic E-state index is 12.1. The Balaban J connectivity index is 2.18. The Morgan fingerprint density at radius 3 is 2.10 bits per heavy atom. The number of rotatable bonds is 3. The van der Waals surface area contributed by atoms with Gasteiger partial charge in [0.2, 0.25) is 0 Å². The fourth-order valence-corrected chi connectivity index (χ4v) is 2.24. The molecule has 0 heterocycles. The van der Waals surface area contributed by atoms with Crippen LogP contribution in [0, 0.1) is 0 Å². The molecule has 0 aliphatic carbocycles. The van der Waals surface area contributed by atoms with Crippen molar-refractivity contribution in [1.82, 2.24) is 0 Å². The van der Waals surface area contributed by atoms with Crippen LogP contribution >= 0.6 is 23.2 Å². The lowest BCUT2D eigenvalue weighted by molar-refractivity contribution is 0.102. The molecule has 2 rings (SSSR count). The molecule has 0 aromatic heterocycles. The highest BCUT2D eigenvalue weighted by Crippen LogP contribution is 2.34. The van der Waals surface area contributed by atoms with E-state index in [1.807, 2.05) is 31.1 Å². The molecule has 110 valence electrons. The number of nitrogens with zero attached hydrogens (tertiary/aromatic N) is 1. The summed E-state index contributed by atoms with van der Waals surface area (Å²) in [6, 6.07) is 10.0. The Kier molecular flexibility index (Phi) is 4.60. The molecule has 0 saturated carbocycles. The number of amides is 1. The Morgan fingerprint density at radius 2 is 1.62 bits per heavy atom. The van der Waals surface area contributed by atoms with Crippen molar-refractivity contribution < 1.29 is 9.90 Å². The maximum Gasteiger partial charge on any atom is 0.255 e. The molecule has 2 aromatic carbocycles. The van der Waals surface area contributed by atoms with E-state index in [1.54, 1.807) is 12.1 Å². The molecular weight excluding hydrogens is 311 g/mol. The molecule has 2 aromatic rings. The molecule has 2 N–H and O–H groups in total. The van der Waals surface area contributed by atoms with Gasteiger partial charge in [0.1, 0.15) is 0 Å². The highest BCUT2D eigenvalue weighted by atomic mass is 35.5. The van der Waals surface area contributed by atoms with Crippen molar-refractivity contribution in [3.63, 3.8) is 0 Å². The number of phenols is 1. The minimum absolute atomic E-state index is 0.0840. The first-order valence-corrected chi connectivity index (χ1v) is 6.91. The summed E-state index contributed by atoms with van der Waals surface area (Å²) in [7, 11) is 3.85. The summed E-state index contributed by atoms with van der Waals surface area (Å²) in [5.41, 5.74) is 1.94. The summed E-state index contributed by atoms with van der Waals surface area (Å²) < 4.78 is 0. The highest BCUT2D eigenvalue weighted by molar-refractivity contribution is 6.37. The van der Waals surface area contributed by atoms with Gasteiger partial charge < -0.3 is 15.3 Å². The topological polar surface area (TPSA) is 52.6 Å². The van der Waals surface area contributed by atoms with Crippen molar-refractivity contribution in [1.29, 1.82) is 0 Å². The molecule has 0 saturated heterocycles. The van der Waals surface area contributed by atoms with E-state index in [4.69, 9.17) is 23.2 Å². The van der Waals surface area contributed by atoms with E-state index in [0.29, 0.717) is 11.3 Å². The molecule has 1 amide bonds. The van der Waals surface area contributed by atoms with Crippen LogP contribution in [0.25, 0.3) is 0 Å². The smallest absolute Gasteiger partial charge is 0.255 e. The van der Waals surface area contributed by atoms with Gasteiger partial charge in [0.25, 0.3) is 5.91 Å². The van der Waals surface area contributed by atoms with Crippen LogP contribution in [-0.2, 0) is 0 Å². The molecular formula is C15H14Cl2N2O2. The van der Waals surface area contributed by atoms with Gasteiger partial charge in [0, 0.05) is 31.0 Å². The molecule has 0 bridgehead atoms. The van der Waals surface area contributed by atoms with E-state index in [2.05, 4.69) is 5.32 Å². The number of benzene rings is 2. The SMILES string of the molecule is CN(C)c1ccc(C(=O)Nc2cc(Cl)c(O)c(Cl)c2)cc1. The highest BCUT2D eigenvalue weighted by Gasteiger charge is 2.10. The third-order valence-electron chi connectivity index (χ3n) is 2.92. The van der Waals surface area contributed by atoms with Crippen LogP contribution in [0.15, 0.2) is 36.4 Å².